The predicted octanol–water partition coefficient (Wildman–Crippen LogP) is 7.93. The van der Waals surface area contributed by atoms with Gasteiger partial charge in [0.25, 0.3) is 0 Å². The maximum Gasteiger partial charge on any atom is 0.338 e. The molecule has 0 radical (unpaired) electrons. The monoisotopic (exact) mass is 572 g/mol. The Morgan fingerprint density at radius 3 is 2.22 bits per heavy atom. The molecule has 3 aromatic rings. The van der Waals surface area contributed by atoms with Gasteiger partial charge in [0.15, 0.2) is 0 Å². The van der Waals surface area contributed by atoms with Crippen LogP contribution in [0.1, 0.15) is 74.6 Å². The van der Waals surface area contributed by atoms with E-state index in [9.17, 15) is 4.79 Å². The molecule has 0 spiro atoms. The van der Waals surface area contributed by atoms with Gasteiger partial charge in [0, 0.05) is 31.7 Å². The summed E-state index contributed by atoms with van der Waals surface area (Å²) in [6, 6.07) is 28.0. The Morgan fingerprint density at radius 1 is 0.902 bits per heavy atom. The normalized spacial score (nSPS) is 19.5. The van der Waals surface area contributed by atoms with Crippen molar-refractivity contribution in [3.63, 3.8) is 0 Å². The molecule has 0 aliphatic carbocycles. The third-order valence-corrected chi connectivity index (χ3v) is 13.1. The number of rotatable bonds is 9. The number of nitrogens with zero attached hydrogens (tertiary/aromatic N) is 2. The highest BCUT2D eigenvalue weighted by Gasteiger charge is 2.39. The van der Waals surface area contributed by atoms with Gasteiger partial charge in [-0.15, -0.1) is 0 Å². The molecule has 1 saturated heterocycles. The van der Waals surface area contributed by atoms with Crippen molar-refractivity contribution in [1.29, 1.82) is 0 Å². The number of benzene rings is 3. The van der Waals surface area contributed by atoms with Crippen molar-refractivity contribution in [3.05, 3.63) is 101 Å². The van der Waals surface area contributed by atoms with Crippen molar-refractivity contribution in [2.45, 2.75) is 84.3 Å². The van der Waals surface area contributed by atoms with Crippen LogP contribution in [0.3, 0.4) is 0 Å². The number of hydrogen-bond donors (Lipinski definition) is 0. The largest absolute Gasteiger partial charge is 0.543 e. The first-order chi connectivity index (χ1) is 19.4. The zero-order chi connectivity index (χ0) is 29.8. The molecular formula is C35H48N2O3Si. The first-order valence-corrected chi connectivity index (χ1v) is 17.9. The van der Waals surface area contributed by atoms with Gasteiger partial charge in [-0.2, -0.15) is 0 Å². The van der Waals surface area contributed by atoms with Crippen LogP contribution in [0.5, 0.6) is 5.75 Å². The summed E-state index contributed by atoms with van der Waals surface area (Å²) in [4.78, 5) is 17.9. The zero-order valence-corrected chi connectivity index (χ0v) is 27.2. The summed E-state index contributed by atoms with van der Waals surface area (Å²) in [5.74, 6) is 0.640. The Kier molecular flexibility index (Phi) is 9.78. The molecule has 1 aliphatic rings. The fraction of sp³-hybridized carbons (Fsp3) is 0.457. The van der Waals surface area contributed by atoms with E-state index in [0.717, 1.165) is 30.9 Å². The molecule has 3 aromatic carbocycles. The van der Waals surface area contributed by atoms with Crippen LogP contribution in [-0.4, -0.2) is 55.9 Å². The molecule has 5 nitrogen and oxygen atoms in total. The second-order valence-corrected chi connectivity index (χ2v) is 17.7. The highest BCUT2D eigenvalue weighted by molar-refractivity contribution is 6.74. The number of hydrogen-bond acceptors (Lipinski definition) is 5. The smallest absolute Gasteiger partial charge is 0.338 e. The molecule has 1 heterocycles. The lowest BCUT2D eigenvalue weighted by molar-refractivity contribution is 0.0195. The first-order valence-electron chi connectivity index (χ1n) is 15.0. The van der Waals surface area contributed by atoms with Crippen molar-refractivity contribution < 1.29 is 14.0 Å². The lowest BCUT2D eigenvalue weighted by Gasteiger charge is -2.48. The van der Waals surface area contributed by atoms with Crippen molar-refractivity contribution >= 4 is 14.3 Å². The van der Waals surface area contributed by atoms with Crippen LogP contribution in [0.4, 0.5) is 0 Å². The van der Waals surface area contributed by atoms with Gasteiger partial charge in [-0.05, 0) is 79.9 Å². The Bertz CT molecular complexity index is 1300. The Balaban J connectivity index is 1.70. The predicted molar refractivity (Wildman–Crippen MR) is 171 cm³/mol. The summed E-state index contributed by atoms with van der Waals surface area (Å²) in [7, 11) is -2.01. The molecule has 4 rings (SSSR count). The minimum atomic E-state index is -2.01. The van der Waals surface area contributed by atoms with Gasteiger partial charge < -0.3 is 9.16 Å². The van der Waals surface area contributed by atoms with Crippen molar-refractivity contribution in [2.75, 3.05) is 19.7 Å². The molecule has 0 bridgehead atoms. The zero-order valence-electron chi connectivity index (χ0n) is 26.2. The van der Waals surface area contributed by atoms with E-state index >= 15 is 0 Å². The molecule has 220 valence electrons. The highest BCUT2D eigenvalue weighted by Crippen LogP contribution is 2.39. The molecule has 6 heteroatoms. The fourth-order valence-corrected chi connectivity index (χ4v) is 6.47. The molecule has 3 atom stereocenters. The average molecular weight is 573 g/mol. The average Bonchev–Trinajstić information content (AvgIpc) is 2.92. The van der Waals surface area contributed by atoms with Crippen LogP contribution >= 0.6 is 0 Å². The van der Waals surface area contributed by atoms with Crippen molar-refractivity contribution in [1.82, 2.24) is 9.80 Å². The van der Waals surface area contributed by atoms with Gasteiger partial charge >= 0.3 is 5.97 Å². The third-order valence-electron chi connectivity index (χ3n) is 8.79. The summed E-state index contributed by atoms with van der Waals surface area (Å²) in [6.45, 7) is 21.0. The fourth-order valence-electron chi connectivity index (χ4n) is 5.44. The van der Waals surface area contributed by atoms with Crippen LogP contribution in [0.2, 0.25) is 18.1 Å². The maximum atomic E-state index is 12.7. The van der Waals surface area contributed by atoms with Gasteiger partial charge in [0.05, 0.1) is 18.2 Å². The van der Waals surface area contributed by atoms with Crippen LogP contribution in [0, 0.1) is 0 Å². The molecule has 1 aliphatic heterocycles. The third kappa shape index (κ3) is 7.48. The second kappa shape index (κ2) is 12.9. The molecule has 0 saturated carbocycles. The van der Waals surface area contributed by atoms with Crippen molar-refractivity contribution in [3.8, 4) is 5.75 Å². The Hall–Kier alpha value is -2.93. The number of carbonyl (C=O) groups is 1. The van der Waals surface area contributed by atoms with Crippen LogP contribution in [0.15, 0.2) is 78.9 Å². The van der Waals surface area contributed by atoms with E-state index in [1.54, 1.807) is 0 Å². The Labute approximate surface area is 248 Å². The molecule has 1 fully saturated rings. The summed E-state index contributed by atoms with van der Waals surface area (Å²) in [5.41, 5.74) is 4.20. The Morgan fingerprint density at radius 2 is 1.56 bits per heavy atom. The molecule has 0 aromatic heterocycles. The van der Waals surface area contributed by atoms with Crippen molar-refractivity contribution in [2.24, 2.45) is 0 Å². The van der Waals surface area contributed by atoms with E-state index in [1.807, 2.05) is 25.1 Å². The summed E-state index contributed by atoms with van der Waals surface area (Å²) >= 11 is 0. The molecule has 41 heavy (non-hydrogen) atoms. The van der Waals surface area contributed by atoms with Gasteiger partial charge in [0.2, 0.25) is 8.32 Å². The van der Waals surface area contributed by atoms with E-state index in [0.29, 0.717) is 24.3 Å². The quantitative estimate of drug-likeness (QED) is 0.192. The summed E-state index contributed by atoms with van der Waals surface area (Å²) in [5, 5.41) is 0.107. The van der Waals surface area contributed by atoms with Crippen LogP contribution < -0.4 is 4.43 Å². The summed E-state index contributed by atoms with van der Waals surface area (Å²) in [6.07, 6.45) is 0. The number of esters is 1. The summed E-state index contributed by atoms with van der Waals surface area (Å²) < 4.78 is 12.1. The lowest BCUT2D eigenvalue weighted by atomic mass is 9.92. The molecule has 0 N–H and O–H groups in total. The van der Waals surface area contributed by atoms with E-state index in [4.69, 9.17) is 9.16 Å². The maximum absolute atomic E-state index is 12.7. The standard InChI is InChI=1S/C35H48N2O3Si/c1-9-39-34(38)31-19-13-17-29(21-31)33(30-18-14-20-32(22-30)40-41(7,8)35(4,5)6)37-24-26(2)36(23-27(37)3)25-28-15-11-10-12-16-28/h10-22,26-27,33H,9,23-25H2,1-8H3. The van der Waals surface area contributed by atoms with Gasteiger partial charge in [-0.1, -0.05) is 75.4 Å². The van der Waals surface area contributed by atoms with Gasteiger partial charge in [-0.25, -0.2) is 4.79 Å². The van der Waals surface area contributed by atoms with E-state index in [2.05, 4.69) is 118 Å². The van der Waals surface area contributed by atoms with E-state index in [-0.39, 0.29) is 17.0 Å². The van der Waals surface area contributed by atoms with E-state index < -0.39 is 8.32 Å². The minimum absolute atomic E-state index is 0.0244. The second-order valence-electron chi connectivity index (χ2n) is 13.0. The molecule has 3 unspecified atom stereocenters. The number of piperazine rings is 1. The van der Waals surface area contributed by atoms with Gasteiger partial charge in [-0.3, -0.25) is 9.80 Å². The van der Waals surface area contributed by atoms with Crippen LogP contribution in [0.25, 0.3) is 0 Å². The van der Waals surface area contributed by atoms with Crippen LogP contribution in [-0.2, 0) is 11.3 Å². The molecule has 0 amide bonds. The van der Waals surface area contributed by atoms with E-state index in [1.165, 1.54) is 11.1 Å². The SMILES string of the molecule is CCOC(=O)c1cccc(C(c2cccc(O[Si](C)(C)C(C)(C)C)c2)N2CC(C)N(Cc3ccccc3)CC2C)c1. The first kappa shape index (κ1) is 31.0. The minimum Gasteiger partial charge on any atom is -0.543 e. The lowest BCUT2D eigenvalue weighted by Crippen LogP contribution is -2.56. The molecular weight excluding hydrogens is 524 g/mol. The highest BCUT2D eigenvalue weighted by atomic mass is 28.4. The number of carbonyl (C=O) groups excluding carboxylic acids is 1. The number of ether oxygens (including phenoxy) is 1. The topological polar surface area (TPSA) is 42.0 Å². The van der Waals surface area contributed by atoms with Gasteiger partial charge in [0.1, 0.15) is 5.75 Å².